The van der Waals surface area contributed by atoms with Crippen LogP contribution in [0.2, 0.25) is 5.02 Å². The SMILES string of the molecule is O=C(COC(=O)c1ccc(Cl)cc1F)NCCc1ccccc1F. The van der Waals surface area contributed by atoms with E-state index in [2.05, 4.69) is 5.32 Å². The van der Waals surface area contributed by atoms with Gasteiger partial charge >= 0.3 is 5.97 Å². The van der Waals surface area contributed by atoms with Gasteiger partial charge in [-0.2, -0.15) is 0 Å². The van der Waals surface area contributed by atoms with Crippen molar-refractivity contribution in [2.24, 2.45) is 0 Å². The third-order valence-corrected chi connectivity index (χ3v) is 3.39. The zero-order valence-corrected chi connectivity index (χ0v) is 13.3. The van der Waals surface area contributed by atoms with Crippen LogP contribution < -0.4 is 5.32 Å². The molecule has 0 aromatic heterocycles. The van der Waals surface area contributed by atoms with Gasteiger partial charge < -0.3 is 10.1 Å². The van der Waals surface area contributed by atoms with Crippen LogP contribution in [0.25, 0.3) is 0 Å². The van der Waals surface area contributed by atoms with Crippen molar-refractivity contribution < 1.29 is 23.1 Å². The molecule has 0 aliphatic rings. The Kier molecular flexibility index (Phi) is 6.26. The van der Waals surface area contributed by atoms with Gasteiger partial charge in [0.05, 0.1) is 5.56 Å². The zero-order valence-electron chi connectivity index (χ0n) is 12.5. The number of carbonyl (C=O) groups excluding carboxylic acids is 2. The molecule has 4 nitrogen and oxygen atoms in total. The molecule has 0 fully saturated rings. The highest BCUT2D eigenvalue weighted by Gasteiger charge is 2.15. The van der Waals surface area contributed by atoms with Crippen LogP contribution in [0.5, 0.6) is 0 Å². The van der Waals surface area contributed by atoms with E-state index in [4.69, 9.17) is 16.3 Å². The Morgan fingerprint density at radius 3 is 2.54 bits per heavy atom. The van der Waals surface area contributed by atoms with Crippen LogP contribution in [0.1, 0.15) is 15.9 Å². The fourth-order valence-corrected chi connectivity index (χ4v) is 2.11. The van der Waals surface area contributed by atoms with Crippen molar-refractivity contribution >= 4 is 23.5 Å². The summed E-state index contributed by atoms with van der Waals surface area (Å²) < 4.78 is 31.7. The normalized spacial score (nSPS) is 10.3. The van der Waals surface area contributed by atoms with Crippen LogP contribution in [0.3, 0.4) is 0 Å². The molecule has 7 heteroatoms. The third-order valence-electron chi connectivity index (χ3n) is 3.16. The molecule has 2 aromatic rings. The van der Waals surface area contributed by atoms with Gasteiger partial charge in [0, 0.05) is 11.6 Å². The van der Waals surface area contributed by atoms with Gasteiger partial charge in [-0.05, 0) is 36.2 Å². The lowest BCUT2D eigenvalue weighted by Gasteiger charge is -2.08. The van der Waals surface area contributed by atoms with Gasteiger partial charge in [-0.25, -0.2) is 13.6 Å². The molecule has 0 radical (unpaired) electrons. The Balaban J connectivity index is 1.77. The summed E-state index contributed by atoms with van der Waals surface area (Å²) in [6, 6.07) is 9.72. The van der Waals surface area contributed by atoms with Crippen molar-refractivity contribution in [1.29, 1.82) is 0 Å². The highest BCUT2D eigenvalue weighted by atomic mass is 35.5. The smallest absolute Gasteiger partial charge is 0.341 e. The molecule has 0 aliphatic heterocycles. The van der Waals surface area contributed by atoms with E-state index < -0.39 is 24.3 Å². The van der Waals surface area contributed by atoms with E-state index >= 15 is 0 Å². The summed E-state index contributed by atoms with van der Waals surface area (Å²) in [5.41, 5.74) is 0.164. The molecular weight excluding hydrogens is 340 g/mol. The maximum Gasteiger partial charge on any atom is 0.341 e. The maximum atomic E-state index is 13.5. The summed E-state index contributed by atoms with van der Waals surface area (Å²) in [5.74, 6) is -2.70. The molecule has 0 bridgehead atoms. The fourth-order valence-electron chi connectivity index (χ4n) is 1.95. The fraction of sp³-hybridized carbons (Fsp3) is 0.176. The van der Waals surface area contributed by atoms with Crippen LogP contribution in [-0.4, -0.2) is 25.0 Å². The molecule has 0 spiro atoms. The lowest BCUT2D eigenvalue weighted by atomic mass is 10.1. The van der Waals surface area contributed by atoms with Gasteiger partial charge in [0.1, 0.15) is 11.6 Å². The van der Waals surface area contributed by atoms with Crippen molar-refractivity contribution in [3.8, 4) is 0 Å². The summed E-state index contributed by atoms with van der Waals surface area (Å²) in [6.07, 6.45) is 0.304. The lowest BCUT2D eigenvalue weighted by Crippen LogP contribution is -2.30. The van der Waals surface area contributed by atoms with Crippen molar-refractivity contribution in [3.63, 3.8) is 0 Å². The number of nitrogens with one attached hydrogen (secondary N) is 1. The van der Waals surface area contributed by atoms with E-state index in [1.165, 1.54) is 18.2 Å². The van der Waals surface area contributed by atoms with Gasteiger partial charge in [0.15, 0.2) is 6.61 Å². The highest BCUT2D eigenvalue weighted by molar-refractivity contribution is 6.30. The van der Waals surface area contributed by atoms with E-state index in [9.17, 15) is 18.4 Å². The first-order valence-electron chi connectivity index (χ1n) is 7.09. The molecule has 126 valence electrons. The van der Waals surface area contributed by atoms with E-state index in [1.807, 2.05) is 0 Å². The Morgan fingerprint density at radius 2 is 1.83 bits per heavy atom. The number of benzene rings is 2. The van der Waals surface area contributed by atoms with Crippen LogP contribution in [0, 0.1) is 11.6 Å². The molecule has 24 heavy (non-hydrogen) atoms. The van der Waals surface area contributed by atoms with Gasteiger partial charge in [0.25, 0.3) is 5.91 Å². The minimum absolute atomic E-state index is 0.148. The first kappa shape index (κ1) is 17.9. The van der Waals surface area contributed by atoms with Gasteiger partial charge in [-0.3, -0.25) is 4.79 Å². The van der Waals surface area contributed by atoms with Crippen LogP contribution in [0.4, 0.5) is 8.78 Å². The van der Waals surface area contributed by atoms with Crippen LogP contribution >= 0.6 is 11.6 Å². The molecule has 2 rings (SSSR count). The number of rotatable bonds is 6. The number of amides is 1. The number of esters is 1. The average molecular weight is 354 g/mol. The zero-order chi connectivity index (χ0) is 17.5. The summed E-state index contributed by atoms with van der Waals surface area (Å²) in [5, 5.41) is 2.64. The summed E-state index contributed by atoms with van der Waals surface area (Å²) >= 11 is 5.59. The van der Waals surface area contributed by atoms with Crippen molar-refractivity contribution in [3.05, 3.63) is 70.2 Å². The monoisotopic (exact) mass is 353 g/mol. The van der Waals surface area contributed by atoms with E-state index in [0.29, 0.717) is 12.0 Å². The third kappa shape index (κ3) is 5.03. The number of hydrogen-bond acceptors (Lipinski definition) is 3. The molecule has 0 heterocycles. The number of carbonyl (C=O) groups is 2. The topological polar surface area (TPSA) is 55.4 Å². The first-order chi connectivity index (χ1) is 11.5. The van der Waals surface area contributed by atoms with Gasteiger partial charge in [-0.1, -0.05) is 29.8 Å². The minimum Gasteiger partial charge on any atom is -0.452 e. The van der Waals surface area contributed by atoms with Crippen molar-refractivity contribution in [1.82, 2.24) is 5.32 Å². The minimum atomic E-state index is -0.964. The van der Waals surface area contributed by atoms with E-state index in [0.717, 1.165) is 6.07 Å². The second-order valence-electron chi connectivity index (χ2n) is 4.89. The Labute approximate surface area is 142 Å². The number of halogens is 3. The first-order valence-corrected chi connectivity index (χ1v) is 7.47. The van der Waals surface area contributed by atoms with Gasteiger partial charge in [-0.15, -0.1) is 0 Å². The molecule has 0 unspecified atom stereocenters. The second kappa shape index (κ2) is 8.40. The van der Waals surface area contributed by atoms with Crippen LogP contribution in [-0.2, 0) is 16.0 Å². The van der Waals surface area contributed by atoms with Gasteiger partial charge in [0.2, 0.25) is 0 Å². The standard InChI is InChI=1S/C17H14ClF2NO3/c18-12-5-6-13(15(20)9-12)17(23)24-10-16(22)21-8-7-11-3-1-2-4-14(11)19/h1-6,9H,7-8,10H2,(H,21,22). The molecule has 0 atom stereocenters. The summed E-state index contributed by atoms with van der Waals surface area (Å²) in [4.78, 5) is 23.3. The largest absolute Gasteiger partial charge is 0.452 e. The predicted octanol–water partition coefficient (Wildman–Crippen LogP) is 3.13. The second-order valence-corrected chi connectivity index (χ2v) is 5.33. The van der Waals surface area contributed by atoms with Crippen molar-refractivity contribution in [2.75, 3.05) is 13.2 Å². The Bertz CT molecular complexity index is 752. The van der Waals surface area contributed by atoms with E-state index in [1.54, 1.807) is 18.2 Å². The maximum absolute atomic E-state index is 13.5. The predicted molar refractivity (Wildman–Crippen MR) is 84.8 cm³/mol. The lowest BCUT2D eigenvalue weighted by molar-refractivity contribution is -0.124. The molecular formula is C17H14ClF2NO3. The molecule has 1 amide bonds. The quantitative estimate of drug-likeness (QED) is 0.812. The molecule has 1 N–H and O–H groups in total. The summed E-state index contributed by atoms with van der Waals surface area (Å²) in [6.45, 7) is -0.370. The summed E-state index contributed by atoms with van der Waals surface area (Å²) in [7, 11) is 0. The molecule has 0 aliphatic carbocycles. The van der Waals surface area contributed by atoms with Crippen LogP contribution in [0.15, 0.2) is 42.5 Å². The van der Waals surface area contributed by atoms with E-state index in [-0.39, 0.29) is 22.9 Å². The molecule has 2 aromatic carbocycles. The Morgan fingerprint density at radius 1 is 1.08 bits per heavy atom. The average Bonchev–Trinajstić information content (AvgIpc) is 2.54. The molecule has 0 saturated heterocycles. The number of hydrogen-bond donors (Lipinski definition) is 1. The van der Waals surface area contributed by atoms with Crippen molar-refractivity contribution in [2.45, 2.75) is 6.42 Å². The molecule has 0 saturated carbocycles. The number of ether oxygens (including phenoxy) is 1. The Hall–Kier alpha value is -2.47. The highest BCUT2D eigenvalue weighted by Crippen LogP contribution is 2.15.